The Bertz CT molecular complexity index is 332. The van der Waals surface area contributed by atoms with Crippen molar-refractivity contribution < 1.29 is 9.52 Å². The number of aliphatic hydroxyl groups excluding tert-OH is 1. The van der Waals surface area contributed by atoms with Gasteiger partial charge in [0.15, 0.2) is 0 Å². The van der Waals surface area contributed by atoms with Crippen molar-refractivity contribution >= 4 is 0 Å². The van der Waals surface area contributed by atoms with Crippen LogP contribution in [0.2, 0.25) is 0 Å². The van der Waals surface area contributed by atoms with Crippen LogP contribution in [0, 0.1) is 0 Å². The molecule has 0 bridgehead atoms. The minimum atomic E-state index is -0.0164. The van der Waals surface area contributed by atoms with Gasteiger partial charge in [0.2, 0.25) is 0 Å². The minimum absolute atomic E-state index is 0.0164. The normalized spacial score (nSPS) is 17.1. The van der Waals surface area contributed by atoms with Gasteiger partial charge in [-0.25, -0.2) is 0 Å². The van der Waals surface area contributed by atoms with E-state index in [1.807, 2.05) is 12.1 Å². The third-order valence-electron chi connectivity index (χ3n) is 3.30. The van der Waals surface area contributed by atoms with Crippen molar-refractivity contribution in [2.45, 2.75) is 26.0 Å². The topological polar surface area (TPSA) is 39.9 Å². The van der Waals surface area contributed by atoms with Crippen LogP contribution >= 0.6 is 0 Å². The second-order valence-electron chi connectivity index (χ2n) is 4.81. The molecule has 1 saturated heterocycles. The number of rotatable bonds is 6. The second kappa shape index (κ2) is 6.19. The van der Waals surface area contributed by atoms with Crippen LogP contribution in [0.3, 0.4) is 0 Å². The molecule has 2 heterocycles. The first kappa shape index (κ1) is 12.6. The summed E-state index contributed by atoms with van der Waals surface area (Å²) < 4.78 is 5.47. The Labute approximate surface area is 103 Å². The minimum Gasteiger partial charge on any atom is -0.462 e. The van der Waals surface area contributed by atoms with Gasteiger partial charge < -0.3 is 14.4 Å². The summed E-state index contributed by atoms with van der Waals surface area (Å²) in [6.45, 7) is 5.51. The molecule has 2 rings (SSSR count). The summed E-state index contributed by atoms with van der Waals surface area (Å²) in [6, 6.07) is 3.78. The molecule has 0 atom stereocenters. The monoisotopic (exact) mass is 238 g/mol. The van der Waals surface area contributed by atoms with Crippen molar-refractivity contribution in [3.63, 3.8) is 0 Å². The van der Waals surface area contributed by atoms with Crippen molar-refractivity contribution in [3.05, 3.63) is 23.7 Å². The highest BCUT2D eigenvalue weighted by Crippen LogP contribution is 2.10. The van der Waals surface area contributed by atoms with Gasteiger partial charge in [0.25, 0.3) is 0 Å². The second-order valence-corrected chi connectivity index (χ2v) is 4.81. The highest BCUT2D eigenvalue weighted by Gasteiger charge is 2.12. The Morgan fingerprint density at radius 2 is 2.00 bits per heavy atom. The zero-order chi connectivity index (χ0) is 12.1. The largest absolute Gasteiger partial charge is 0.462 e. The van der Waals surface area contributed by atoms with Gasteiger partial charge in [-0.3, -0.25) is 4.90 Å². The maximum Gasteiger partial charge on any atom is 0.129 e. The lowest BCUT2D eigenvalue weighted by atomic mass is 10.4. The lowest BCUT2D eigenvalue weighted by molar-refractivity contribution is 0.220. The molecule has 0 aliphatic carbocycles. The number of hydrogen-bond donors (Lipinski definition) is 1. The molecule has 4 nitrogen and oxygen atoms in total. The molecule has 1 aromatic rings. The standard InChI is InChI=1S/C13H22N2O2/c1-14(8-9-15-6-2-3-7-15)10-12-4-5-13(11-16)17-12/h4-5,16H,2-3,6-11H2,1H3. The quantitative estimate of drug-likeness (QED) is 0.811. The summed E-state index contributed by atoms with van der Waals surface area (Å²) in [5, 5.41) is 8.92. The summed E-state index contributed by atoms with van der Waals surface area (Å²) in [5.74, 6) is 1.57. The van der Waals surface area contributed by atoms with Gasteiger partial charge in [-0.2, -0.15) is 0 Å². The number of likely N-dealkylation sites (tertiary alicyclic amines) is 1. The SMILES string of the molecule is CN(CCN1CCCC1)Cc1ccc(CO)o1. The highest BCUT2D eigenvalue weighted by atomic mass is 16.4. The molecule has 0 spiro atoms. The number of likely N-dealkylation sites (N-methyl/N-ethyl adjacent to an activating group) is 1. The van der Waals surface area contributed by atoms with E-state index in [4.69, 9.17) is 9.52 Å². The van der Waals surface area contributed by atoms with Crippen LogP contribution < -0.4 is 0 Å². The number of aliphatic hydroxyl groups is 1. The van der Waals surface area contributed by atoms with Crippen molar-refractivity contribution in [2.75, 3.05) is 33.2 Å². The molecule has 0 unspecified atom stereocenters. The van der Waals surface area contributed by atoms with Crippen LogP contribution in [0.15, 0.2) is 16.5 Å². The molecular formula is C13H22N2O2. The maximum atomic E-state index is 8.92. The summed E-state index contributed by atoms with van der Waals surface area (Å²) in [7, 11) is 2.11. The molecule has 96 valence electrons. The van der Waals surface area contributed by atoms with Gasteiger partial charge in [0, 0.05) is 13.1 Å². The predicted octanol–water partition coefficient (Wildman–Crippen LogP) is 1.30. The van der Waals surface area contributed by atoms with E-state index in [-0.39, 0.29) is 6.61 Å². The molecule has 1 N–H and O–H groups in total. The molecule has 17 heavy (non-hydrogen) atoms. The summed E-state index contributed by atoms with van der Waals surface area (Å²) >= 11 is 0. The van der Waals surface area contributed by atoms with Crippen LogP contribution in [-0.4, -0.2) is 48.1 Å². The van der Waals surface area contributed by atoms with Gasteiger partial charge in [-0.05, 0) is 45.1 Å². The van der Waals surface area contributed by atoms with E-state index in [1.54, 1.807) is 0 Å². The Balaban J connectivity index is 1.70. The molecule has 1 fully saturated rings. The molecule has 1 aliphatic rings. The first-order valence-electron chi connectivity index (χ1n) is 6.37. The fraction of sp³-hybridized carbons (Fsp3) is 0.692. The van der Waals surface area contributed by atoms with Crippen molar-refractivity contribution in [3.8, 4) is 0 Å². The summed E-state index contributed by atoms with van der Waals surface area (Å²) in [5.41, 5.74) is 0. The van der Waals surface area contributed by atoms with Crippen LogP contribution in [0.25, 0.3) is 0 Å². The molecule has 4 heteroatoms. The number of nitrogens with zero attached hydrogens (tertiary/aromatic N) is 2. The maximum absolute atomic E-state index is 8.92. The first-order valence-corrected chi connectivity index (χ1v) is 6.37. The molecule has 1 aliphatic heterocycles. The third-order valence-corrected chi connectivity index (χ3v) is 3.30. The lowest BCUT2D eigenvalue weighted by Crippen LogP contribution is -2.31. The average molecular weight is 238 g/mol. The smallest absolute Gasteiger partial charge is 0.129 e. The van der Waals surface area contributed by atoms with Crippen LogP contribution in [0.5, 0.6) is 0 Å². The molecule has 0 amide bonds. The van der Waals surface area contributed by atoms with E-state index in [0.29, 0.717) is 5.76 Å². The molecule has 1 aromatic heterocycles. The Kier molecular flexibility index (Phi) is 4.59. The summed E-state index contributed by atoms with van der Waals surface area (Å²) in [6.07, 6.45) is 2.70. The van der Waals surface area contributed by atoms with Crippen molar-refractivity contribution in [2.24, 2.45) is 0 Å². The van der Waals surface area contributed by atoms with Crippen molar-refractivity contribution in [1.82, 2.24) is 9.80 Å². The van der Waals surface area contributed by atoms with Gasteiger partial charge in [-0.1, -0.05) is 0 Å². The fourth-order valence-corrected chi connectivity index (χ4v) is 2.26. The highest BCUT2D eigenvalue weighted by molar-refractivity contribution is 5.06. The Morgan fingerprint density at radius 1 is 1.29 bits per heavy atom. The molecular weight excluding hydrogens is 216 g/mol. The molecule has 0 radical (unpaired) electrons. The third kappa shape index (κ3) is 3.84. The van der Waals surface area contributed by atoms with Gasteiger partial charge in [0.05, 0.1) is 6.54 Å². The van der Waals surface area contributed by atoms with E-state index >= 15 is 0 Å². The van der Waals surface area contributed by atoms with Gasteiger partial charge in [-0.15, -0.1) is 0 Å². The van der Waals surface area contributed by atoms with E-state index in [2.05, 4.69) is 16.8 Å². The summed E-state index contributed by atoms with van der Waals surface area (Å²) in [4.78, 5) is 4.77. The molecule has 0 saturated carbocycles. The fourth-order valence-electron chi connectivity index (χ4n) is 2.26. The number of furan rings is 1. The average Bonchev–Trinajstić information content (AvgIpc) is 2.97. The zero-order valence-corrected chi connectivity index (χ0v) is 10.6. The Morgan fingerprint density at radius 3 is 2.65 bits per heavy atom. The van der Waals surface area contributed by atoms with Crippen LogP contribution in [-0.2, 0) is 13.2 Å². The van der Waals surface area contributed by atoms with Crippen LogP contribution in [0.4, 0.5) is 0 Å². The first-order chi connectivity index (χ1) is 8.28. The van der Waals surface area contributed by atoms with E-state index in [0.717, 1.165) is 25.4 Å². The Hall–Kier alpha value is -0.840. The van der Waals surface area contributed by atoms with E-state index in [9.17, 15) is 0 Å². The van der Waals surface area contributed by atoms with E-state index < -0.39 is 0 Å². The number of hydrogen-bond acceptors (Lipinski definition) is 4. The lowest BCUT2D eigenvalue weighted by Gasteiger charge is -2.20. The van der Waals surface area contributed by atoms with Crippen molar-refractivity contribution in [1.29, 1.82) is 0 Å². The zero-order valence-electron chi connectivity index (χ0n) is 10.6. The van der Waals surface area contributed by atoms with Gasteiger partial charge in [0.1, 0.15) is 18.1 Å². The van der Waals surface area contributed by atoms with E-state index in [1.165, 1.54) is 25.9 Å². The van der Waals surface area contributed by atoms with Gasteiger partial charge >= 0.3 is 0 Å². The van der Waals surface area contributed by atoms with Crippen LogP contribution in [0.1, 0.15) is 24.4 Å². The molecule has 0 aromatic carbocycles. The predicted molar refractivity (Wildman–Crippen MR) is 66.6 cm³/mol.